The van der Waals surface area contributed by atoms with E-state index in [1.165, 1.54) is 22.4 Å². The molecule has 0 atom stereocenters. The molecule has 34 heavy (non-hydrogen) atoms. The van der Waals surface area contributed by atoms with Crippen molar-refractivity contribution in [2.24, 2.45) is 5.41 Å². The second-order valence-corrected chi connectivity index (χ2v) is 9.70. The lowest BCUT2D eigenvalue weighted by Gasteiger charge is -2.33. The molecule has 1 amide bonds. The molecular weight excluding hydrogens is 420 g/mol. The quantitative estimate of drug-likeness (QED) is 0.538. The zero-order valence-corrected chi connectivity index (χ0v) is 20.0. The molecule has 5 nitrogen and oxygen atoms in total. The van der Waals surface area contributed by atoms with Gasteiger partial charge in [0.2, 0.25) is 5.91 Å². The number of fused-ring (bicyclic) bond motifs is 1. The number of H-pyrrole nitrogens is 1. The Hall–Kier alpha value is -3.60. The van der Waals surface area contributed by atoms with E-state index in [1.54, 1.807) is 6.33 Å². The van der Waals surface area contributed by atoms with Crippen molar-refractivity contribution in [2.45, 2.75) is 39.8 Å². The summed E-state index contributed by atoms with van der Waals surface area (Å²) in [5, 5.41) is 0. The zero-order valence-electron chi connectivity index (χ0n) is 20.0. The number of rotatable bonds is 5. The Balaban J connectivity index is 1.49. The Morgan fingerprint density at radius 2 is 1.91 bits per heavy atom. The van der Waals surface area contributed by atoms with Crippen LogP contribution in [0.15, 0.2) is 84.9 Å². The predicted octanol–water partition coefficient (Wildman–Crippen LogP) is 5.73. The number of amides is 1. The van der Waals surface area contributed by atoms with E-state index < -0.39 is 5.41 Å². The van der Waals surface area contributed by atoms with Gasteiger partial charge in [0.15, 0.2) is 0 Å². The number of benzene rings is 2. The number of nitrogens with one attached hydrogen (secondary N) is 1. The minimum atomic E-state index is -0.549. The molecule has 2 aromatic carbocycles. The molecule has 0 fully saturated rings. The van der Waals surface area contributed by atoms with Crippen LogP contribution in [0.4, 0.5) is 5.69 Å². The van der Waals surface area contributed by atoms with Gasteiger partial charge >= 0.3 is 0 Å². The van der Waals surface area contributed by atoms with E-state index in [4.69, 9.17) is 0 Å². The Morgan fingerprint density at radius 3 is 2.65 bits per heavy atom. The first-order valence-electron chi connectivity index (χ1n) is 12.1. The van der Waals surface area contributed by atoms with E-state index in [-0.39, 0.29) is 5.91 Å². The van der Waals surface area contributed by atoms with Crippen LogP contribution in [0.1, 0.15) is 37.9 Å². The smallest absolute Gasteiger partial charge is 0.233 e. The molecule has 0 radical (unpaired) electrons. The van der Waals surface area contributed by atoms with Gasteiger partial charge in [0.25, 0.3) is 0 Å². The molecule has 1 aromatic heterocycles. The summed E-state index contributed by atoms with van der Waals surface area (Å²) < 4.78 is 0. The third-order valence-electron chi connectivity index (χ3n) is 6.98. The molecule has 5 rings (SSSR count). The fourth-order valence-electron chi connectivity index (χ4n) is 4.99. The molecule has 3 aromatic rings. The molecule has 5 heteroatoms. The van der Waals surface area contributed by atoms with Gasteiger partial charge in [0, 0.05) is 31.5 Å². The minimum absolute atomic E-state index is 0.185. The maximum atomic E-state index is 13.9. The van der Waals surface area contributed by atoms with E-state index >= 15 is 0 Å². The third kappa shape index (κ3) is 4.43. The summed E-state index contributed by atoms with van der Waals surface area (Å²) in [6, 6.07) is 17.1. The van der Waals surface area contributed by atoms with E-state index in [9.17, 15) is 4.79 Å². The summed E-state index contributed by atoms with van der Waals surface area (Å²) in [7, 11) is 0. The number of carbonyl (C=O) groups excluding carboxylic acids is 1. The lowest BCUT2D eigenvalue weighted by Crippen LogP contribution is -2.43. The molecule has 1 N–H and O–H groups in total. The number of nitrogens with zero attached hydrogens (tertiary/aromatic N) is 3. The van der Waals surface area contributed by atoms with Gasteiger partial charge in [-0.1, -0.05) is 54.6 Å². The van der Waals surface area contributed by atoms with Crippen LogP contribution in [-0.4, -0.2) is 33.9 Å². The van der Waals surface area contributed by atoms with Crippen molar-refractivity contribution in [2.75, 3.05) is 18.0 Å². The van der Waals surface area contributed by atoms with Gasteiger partial charge in [-0.2, -0.15) is 0 Å². The third-order valence-corrected chi connectivity index (χ3v) is 6.98. The van der Waals surface area contributed by atoms with Crippen molar-refractivity contribution >= 4 is 11.6 Å². The highest BCUT2D eigenvalue weighted by Gasteiger charge is 2.36. The van der Waals surface area contributed by atoms with Crippen LogP contribution in [0.3, 0.4) is 0 Å². The number of imidazole rings is 1. The molecule has 2 heterocycles. The minimum Gasteiger partial charge on any atom is -0.364 e. The highest BCUT2D eigenvalue weighted by atomic mass is 16.2. The van der Waals surface area contributed by atoms with Crippen molar-refractivity contribution < 1.29 is 4.79 Å². The summed E-state index contributed by atoms with van der Waals surface area (Å²) in [6.45, 7) is 6.92. The molecular formula is C29H32N4O. The average Bonchev–Trinajstić information content (AvgIpc) is 3.32. The number of anilines is 1. The van der Waals surface area contributed by atoms with E-state index in [1.807, 2.05) is 17.2 Å². The number of allylic oxidation sites excluding steroid dienone is 3. The van der Waals surface area contributed by atoms with Crippen LogP contribution in [0.2, 0.25) is 0 Å². The van der Waals surface area contributed by atoms with Gasteiger partial charge in [-0.15, -0.1) is 0 Å². The van der Waals surface area contributed by atoms with Gasteiger partial charge in [-0.3, -0.25) is 4.79 Å². The molecule has 1 aliphatic heterocycles. The summed E-state index contributed by atoms with van der Waals surface area (Å²) in [5.74, 6) is 0.185. The molecule has 0 saturated heterocycles. The zero-order chi connectivity index (χ0) is 23.5. The molecule has 174 valence electrons. The lowest BCUT2D eigenvalue weighted by atomic mass is 9.80. The summed E-state index contributed by atoms with van der Waals surface area (Å²) >= 11 is 0. The Kier molecular flexibility index (Phi) is 6.10. The topological polar surface area (TPSA) is 52.2 Å². The molecule has 0 spiro atoms. The number of hydrogen-bond acceptors (Lipinski definition) is 3. The van der Waals surface area contributed by atoms with Gasteiger partial charge in [0.1, 0.15) is 0 Å². The molecule has 1 aliphatic carbocycles. The van der Waals surface area contributed by atoms with Crippen molar-refractivity contribution in [3.63, 3.8) is 0 Å². The van der Waals surface area contributed by atoms with Crippen LogP contribution in [0.5, 0.6) is 0 Å². The normalized spacial score (nSPS) is 16.1. The van der Waals surface area contributed by atoms with Crippen LogP contribution >= 0.6 is 0 Å². The van der Waals surface area contributed by atoms with Crippen LogP contribution in [0, 0.1) is 5.41 Å². The summed E-state index contributed by atoms with van der Waals surface area (Å²) in [5.41, 5.74) is 6.36. The second-order valence-electron chi connectivity index (χ2n) is 9.70. The van der Waals surface area contributed by atoms with E-state index in [0.717, 1.165) is 37.2 Å². The highest BCUT2D eigenvalue weighted by molar-refractivity contribution is 5.86. The predicted molar refractivity (Wildman–Crippen MR) is 137 cm³/mol. The van der Waals surface area contributed by atoms with Gasteiger partial charge in [0.05, 0.1) is 24.0 Å². The first-order valence-corrected chi connectivity index (χ1v) is 12.1. The second kappa shape index (κ2) is 9.34. The fourth-order valence-corrected chi connectivity index (χ4v) is 4.99. The number of hydrogen-bond donors (Lipinski definition) is 1. The standard InChI is InChI=1S/C29H32N4O/c1-29(2,25-11-7-4-8-12-25)28(34)33-16-15-32(20-26-18-30-21-31-26)27-14-13-23(17-24(27)19-33)22-9-5-3-6-10-22/h3,5-7,9-14,17-18,21H,4,8,15-16,19-20H2,1-2H3,(H,30,31). The maximum absolute atomic E-state index is 13.9. The van der Waals surface area contributed by atoms with Crippen molar-refractivity contribution in [1.82, 2.24) is 14.9 Å². The molecule has 0 saturated carbocycles. The van der Waals surface area contributed by atoms with Crippen molar-refractivity contribution in [3.05, 3.63) is 96.1 Å². The molecule has 0 bridgehead atoms. The van der Waals surface area contributed by atoms with Crippen molar-refractivity contribution in [3.8, 4) is 11.1 Å². The van der Waals surface area contributed by atoms with Crippen LogP contribution in [0.25, 0.3) is 11.1 Å². The highest BCUT2D eigenvalue weighted by Crippen LogP contribution is 2.36. The largest absolute Gasteiger partial charge is 0.364 e. The lowest BCUT2D eigenvalue weighted by molar-refractivity contribution is -0.138. The number of aromatic nitrogens is 2. The van der Waals surface area contributed by atoms with Gasteiger partial charge in [-0.25, -0.2) is 4.98 Å². The first-order chi connectivity index (χ1) is 16.5. The Morgan fingerprint density at radius 1 is 1.06 bits per heavy atom. The van der Waals surface area contributed by atoms with Crippen molar-refractivity contribution in [1.29, 1.82) is 0 Å². The van der Waals surface area contributed by atoms with Gasteiger partial charge < -0.3 is 14.8 Å². The molecule has 0 unspecified atom stereocenters. The maximum Gasteiger partial charge on any atom is 0.233 e. The number of carbonyl (C=O) groups is 1. The number of aromatic amines is 1. The van der Waals surface area contributed by atoms with Crippen LogP contribution in [-0.2, 0) is 17.9 Å². The Labute approximate surface area is 201 Å². The van der Waals surface area contributed by atoms with E-state index in [0.29, 0.717) is 13.1 Å². The van der Waals surface area contributed by atoms with Crippen LogP contribution < -0.4 is 4.90 Å². The summed E-state index contributed by atoms with van der Waals surface area (Å²) in [6.07, 6.45) is 12.2. The average molecular weight is 453 g/mol. The fraction of sp³-hybridized carbons (Fsp3) is 0.310. The summed E-state index contributed by atoms with van der Waals surface area (Å²) in [4.78, 5) is 25.7. The first kappa shape index (κ1) is 22.2. The monoisotopic (exact) mass is 452 g/mol. The van der Waals surface area contributed by atoms with E-state index in [2.05, 4.69) is 89.4 Å². The Bertz CT molecular complexity index is 1210. The van der Waals surface area contributed by atoms with Gasteiger partial charge in [-0.05, 0) is 61.1 Å². The SMILES string of the molecule is CC(C)(C(=O)N1CCN(Cc2cnc[nH]2)c2ccc(-c3ccccc3)cc2C1)C1=CCCC=C1. The molecule has 2 aliphatic rings.